The fourth-order valence-corrected chi connectivity index (χ4v) is 0. The van der Waals surface area contributed by atoms with Gasteiger partial charge in [-0.05, 0) is 0 Å². The first-order valence-electron chi connectivity index (χ1n) is 0.408. The Morgan fingerprint density at radius 1 is 1.50 bits per heavy atom. The summed E-state index contributed by atoms with van der Waals surface area (Å²) in [5.41, 5.74) is 0. The van der Waals surface area contributed by atoms with Crippen LogP contribution in [0, 0.1) is 6.58 Å². The molecule has 0 spiro atoms. The predicted molar refractivity (Wildman–Crippen MR) is 11.0 cm³/mol. The van der Waals surface area contributed by atoms with E-state index in [2.05, 4.69) is 13.2 Å². The second-order valence-corrected chi connectivity index (χ2v) is 0. The van der Waals surface area contributed by atoms with Crippen LogP contribution in [0.1, 0.15) is 1.43 Å². The molecule has 4 heavy (non-hydrogen) atoms. The Labute approximate surface area is 50.8 Å². The average molecular weight is 98.5 g/mol. The zero-order valence-electron chi connectivity index (χ0n) is 3.59. The summed E-state index contributed by atoms with van der Waals surface area (Å²) in [4.78, 5) is 0. The Balaban J connectivity index is -0.00000000167. The van der Waals surface area contributed by atoms with Gasteiger partial charge in [-0.2, -0.15) is 0 Å². The molecule has 0 amide bonds. The summed E-state index contributed by atoms with van der Waals surface area (Å²) in [5.74, 6) is 0. The van der Waals surface area contributed by atoms with Crippen LogP contribution >= 0.6 is 0 Å². The van der Waals surface area contributed by atoms with E-state index in [0.29, 0.717) is 0 Å². The van der Waals surface area contributed by atoms with Gasteiger partial charge in [0.25, 0.3) is 0 Å². The van der Waals surface area contributed by atoms with Crippen molar-refractivity contribution in [3.05, 3.63) is 13.2 Å². The maximum atomic E-state index is 4.25. The minimum absolute atomic E-state index is 0. The molecule has 0 radical (unpaired) electrons. The standard InChI is InChI=1S/C2H3.Cu.Li.H/c1-2;;;/h1H,2H2;;;/q-1;2*+1;-1. The molecule has 0 saturated carbocycles. The van der Waals surface area contributed by atoms with E-state index in [1.807, 2.05) is 0 Å². The van der Waals surface area contributed by atoms with Gasteiger partial charge in [0.2, 0.25) is 0 Å². The average Bonchev–Trinajstić information content (AvgIpc) is 1.00. The predicted octanol–water partition coefficient (Wildman–Crippen LogP) is -2.28. The molecule has 0 N–H and O–H groups in total. The van der Waals surface area contributed by atoms with Gasteiger partial charge >= 0.3 is 35.9 Å². The third kappa shape index (κ3) is 13.4. The van der Waals surface area contributed by atoms with Gasteiger partial charge in [0.15, 0.2) is 0 Å². The van der Waals surface area contributed by atoms with Gasteiger partial charge in [-0.25, -0.2) is 0 Å². The Morgan fingerprint density at radius 3 is 1.50 bits per heavy atom. The molecule has 0 atom stereocenters. The minimum atomic E-state index is 0. The van der Waals surface area contributed by atoms with Crippen molar-refractivity contribution in [2.45, 2.75) is 0 Å². The quantitative estimate of drug-likeness (QED) is 0.237. The van der Waals surface area contributed by atoms with Gasteiger partial charge in [-0.1, -0.05) is 0 Å². The normalized spacial score (nSPS) is 1.00. The van der Waals surface area contributed by atoms with E-state index in [1.165, 1.54) is 0 Å². The van der Waals surface area contributed by atoms with E-state index in [4.69, 9.17) is 0 Å². The maximum Gasteiger partial charge on any atom is 1.00 e. The third-order valence-electron chi connectivity index (χ3n) is 0. The van der Waals surface area contributed by atoms with Crippen LogP contribution in [-0.2, 0) is 17.1 Å². The van der Waals surface area contributed by atoms with Gasteiger partial charge < -0.3 is 8.01 Å². The first kappa shape index (κ1) is 21.0. The number of hydrogen-bond acceptors (Lipinski definition) is 0. The summed E-state index contributed by atoms with van der Waals surface area (Å²) in [6.45, 7) is 7.00. The number of hydrogen-bond donors (Lipinski definition) is 0. The first-order valence-corrected chi connectivity index (χ1v) is 0.408. The first-order chi connectivity index (χ1) is 1.00. The van der Waals surface area contributed by atoms with Crippen molar-refractivity contribution < 1.29 is 37.4 Å². The SMILES string of the molecule is [CH-]=C.[Cu+].[H-].[Li+]. The molecule has 24 valence electrons. The summed E-state index contributed by atoms with van der Waals surface area (Å²) in [6, 6.07) is 0. The molecule has 0 aliphatic rings. The van der Waals surface area contributed by atoms with E-state index in [0.717, 1.165) is 0 Å². The van der Waals surface area contributed by atoms with Crippen LogP contribution in [0.5, 0.6) is 0 Å². The molecule has 0 rings (SSSR count). The molecule has 0 bridgehead atoms. The van der Waals surface area contributed by atoms with Crippen molar-refractivity contribution in [1.82, 2.24) is 0 Å². The maximum absolute atomic E-state index is 4.25. The Hall–Kier alpha value is 0.857. The van der Waals surface area contributed by atoms with E-state index in [-0.39, 0.29) is 37.4 Å². The second-order valence-electron chi connectivity index (χ2n) is 0. The smallest absolute Gasteiger partial charge is 1.00 e. The van der Waals surface area contributed by atoms with Crippen molar-refractivity contribution in [3.8, 4) is 0 Å². The van der Waals surface area contributed by atoms with Crippen LogP contribution < -0.4 is 18.9 Å². The Bertz CT molecular complexity index is 9.61. The molecule has 2 heteroatoms. The van der Waals surface area contributed by atoms with Crippen molar-refractivity contribution in [2.24, 2.45) is 0 Å². The van der Waals surface area contributed by atoms with Crippen molar-refractivity contribution in [1.29, 1.82) is 0 Å². The monoisotopic (exact) mass is 98.0 g/mol. The molecule has 0 nitrogen and oxygen atoms in total. The molecule has 0 aliphatic carbocycles. The van der Waals surface area contributed by atoms with E-state index in [9.17, 15) is 0 Å². The van der Waals surface area contributed by atoms with E-state index >= 15 is 0 Å². The van der Waals surface area contributed by atoms with Crippen LogP contribution in [0.3, 0.4) is 0 Å². The molecule has 0 saturated heterocycles. The summed E-state index contributed by atoms with van der Waals surface area (Å²) in [5, 5.41) is 0. The summed E-state index contributed by atoms with van der Waals surface area (Å²) < 4.78 is 0. The van der Waals surface area contributed by atoms with Crippen LogP contribution in [0.25, 0.3) is 0 Å². The van der Waals surface area contributed by atoms with Crippen LogP contribution in [-0.4, -0.2) is 0 Å². The zero-order valence-corrected chi connectivity index (χ0v) is 3.53. The van der Waals surface area contributed by atoms with Gasteiger partial charge in [0, 0.05) is 0 Å². The third-order valence-corrected chi connectivity index (χ3v) is 0. The van der Waals surface area contributed by atoms with Gasteiger partial charge in [-0.3, -0.25) is 6.58 Å². The van der Waals surface area contributed by atoms with Gasteiger partial charge in [-0.15, -0.1) is 0 Å². The molecule has 0 aromatic carbocycles. The fraction of sp³-hybridized carbons (Fsp3) is 0. The molecule has 0 aliphatic heterocycles. The van der Waals surface area contributed by atoms with Crippen LogP contribution in [0.4, 0.5) is 0 Å². The zero-order chi connectivity index (χ0) is 2.00. The Morgan fingerprint density at radius 2 is 1.50 bits per heavy atom. The van der Waals surface area contributed by atoms with E-state index < -0.39 is 0 Å². The minimum Gasteiger partial charge on any atom is -1.00 e. The molecular formula is C2H4CuLi. The Kier molecular flexibility index (Phi) is 225. The topological polar surface area (TPSA) is 0 Å². The fourth-order valence-electron chi connectivity index (χ4n) is 0. The summed E-state index contributed by atoms with van der Waals surface area (Å²) in [7, 11) is 0. The molecule has 0 aromatic rings. The molecule has 0 aromatic heterocycles. The van der Waals surface area contributed by atoms with Crippen LogP contribution in [0.15, 0.2) is 6.58 Å². The van der Waals surface area contributed by atoms with Crippen LogP contribution in [0.2, 0.25) is 0 Å². The van der Waals surface area contributed by atoms with Crippen molar-refractivity contribution in [2.75, 3.05) is 0 Å². The van der Waals surface area contributed by atoms with Gasteiger partial charge in [0.1, 0.15) is 0 Å². The van der Waals surface area contributed by atoms with Crippen molar-refractivity contribution >= 4 is 0 Å². The van der Waals surface area contributed by atoms with Gasteiger partial charge in [0.05, 0.1) is 0 Å². The molecule has 0 fully saturated rings. The molecular weight excluding hydrogens is 94.5 g/mol. The van der Waals surface area contributed by atoms with E-state index in [1.54, 1.807) is 0 Å². The largest absolute Gasteiger partial charge is 1.00 e. The summed E-state index contributed by atoms with van der Waals surface area (Å²) in [6.07, 6.45) is 0. The molecule has 0 unspecified atom stereocenters. The molecule has 0 heterocycles. The second kappa shape index (κ2) is 42.9. The van der Waals surface area contributed by atoms with Crippen molar-refractivity contribution in [3.63, 3.8) is 0 Å². The summed E-state index contributed by atoms with van der Waals surface area (Å²) >= 11 is 0. The number of rotatable bonds is 0.